The topological polar surface area (TPSA) is 58.2 Å². The summed E-state index contributed by atoms with van der Waals surface area (Å²) in [4.78, 5) is 23.8. The van der Waals surface area contributed by atoms with Crippen LogP contribution in [0.3, 0.4) is 0 Å². The second-order valence-corrected chi connectivity index (χ2v) is 4.82. The van der Waals surface area contributed by atoms with E-state index in [1.807, 2.05) is 31.2 Å². The number of hydrazine groups is 1. The molecule has 0 aliphatic rings. The first-order chi connectivity index (χ1) is 10.1. The minimum atomic E-state index is -0.339. The average molecular weight is 282 g/mol. The second kappa shape index (κ2) is 6.70. The van der Waals surface area contributed by atoms with Gasteiger partial charge >= 0.3 is 0 Å². The van der Waals surface area contributed by atoms with E-state index in [1.54, 1.807) is 24.3 Å². The van der Waals surface area contributed by atoms with Gasteiger partial charge in [0.25, 0.3) is 11.8 Å². The van der Waals surface area contributed by atoms with Crippen LogP contribution < -0.4 is 10.9 Å². The number of carbonyl (C=O) groups excluding carboxylic acids is 2. The van der Waals surface area contributed by atoms with Crippen LogP contribution in [0, 0.1) is 6.92 Å². The summed E-state index contributed by atoms with van der Waals surface area (Å²) in [5.41, 5.74) is 8.07. The molecule has 2 rings (SSSR count). The van der Waals surface area contributed by atoms with Gasteiger partial charge in [0.05, 0.1) is 0 Å². The Balaban J connectivity index is 1.93. The summed E-state index contributed by atoms with van der Waals surface area (Å²) in [5.74, 6) is -0.674. The Hall–Kier alpha value is -2.62. The van der Waals surface area contributed by atoms with Crippen molar-refractivity contribution in [2.75, 3.05) is 0 Å². The maximum absolute atomic E-state index is 11.9. The van der Waals surface area contributed by atoms with Crippen molar-refractivity contribution in [2.24, 2.45) is 0 Å². The van der Waals surface area contributed by atoms with Crippen LogP contribution in [0.4, 0.5) is 0 Å². The summed E-state index contributed by atoms with van der Waals surface area (Å²) in [6.07, 6.45) is 0.923. The fourth-order valence-electron chi connectivity index (χ4n) is 1.85. The number of benzene rings is 2. The fourth-order valence-corrected chi connectivity index (χ4v) is 1.85. The number of rotatable bonds is 3. The summed E-state index contributed by atoms with van der Waals surface area (Å²) in [6.45, 7) is 4.00. The molecule has 0 aromatic heterocycles. The van der Waals surface area contributed by atoms with Gasteiger partial charge in [-0.25, -0.2) is 0 Å². The molecule has 4 heteroatoms. The van der Waals surface area contributed by atoms with Crippen molar-refractivity contribution in [3.05, 3.63) is 70.8 Å². The van der Waals surface area contributed by atoms with Crippen LogP contribution in [0.5, 0.6) is 0 Å². The van der Waals surface area contributed by atoms with Gasteiger partial charge < -0.3 is 0 Å². The van der Waals surface area contributed by atoms with Crippen molar-refractivity contribution in [1.82, 2.24) is 10.9 Å². The molecule has 0 fully saturated rings. The van der Waals surface area contributed by atoms with Crippen LogP contribution in [0.25, 0.3) is 0 Å². The fraction of sp³-hybridized carbons (Fsp3) is 0.176. The highest BCUT2D eigenvalue weighted by molar-refractivity contribution is 5.99. The first-order valence-corrected chi connectivity index (χ1v) is 6.86. The molecule has 2 amide bonds. The van der Waals surface area contributed by atoms with Gasteiger partial charge in [0.1, 0.15) is 0 Å². The molecule has 2 aromatic rings. The third-order valence-electron chi connectivity index (χ3n) is 3.23. The van der Waals surface area contributed by atoms with Gasteiger partial charge in [-0.3, -0.25) is 20.4 Å². The van der Waals surface area contributed by atoms with Crippen molar-refractivity contribution in [3.8, 4) is 0 Å². The van der Waals surface area contributed by atoms with Crippen LogP contribution >= 0.6 is 0 Å². The minimum Gasteiger partial charge on any atom is -0.267 e. The number of carbonyl (C=O) groups is 2. The monoisotopic (exact) mass is 282 g/mol. The van der Waals surface area contributed by atoms with Gasteiger partial charge in [-0.05, 0) is 43.2 Å². The van der Waals surface area contributed by atoms with E-state index in [9.17, 15) is 9.59 Å². The molecule has 21 heavy (non-hydrogen) atoms. The number of aryl methyl sites for hydroxylation is 2. The summed E-state index contributed by atoms with van der Waals surface area (Å²) in [7, 11) is 0. The van der Waals surface area contributed by atoms with Gasteiger partial charge in [-0.15, -0.1) is 0 Å². The highest BCUT2D eigenvalue weighted by Gasteiger charge is 2.08. The Morgan fingerprint density at radius 2 is 1.24 bits per heavy atom. The van der Waals surface area contributed by atoms with E-state index in [0.717, 1.165) is 17.5 Å². The quantitative estimate of drug-likeness (QED) is 0.850. The van der Waals surface area contributed by atoms with Gasteiger partial charge in [-0.1, -0.05) is 36.8 Å². The largest absolute Gasteiger partial charge is 0.269 e. The molecule has 0 aliphatic carbocycles. The van der Waals surface area contributed by atoms with Crippen LogP contribution in [0.1, 0.15) is 38.8 Å². The molecule has 4 nitrogen and oxygen atoms in total. The maximum atomic E-state index is 11.9. The van der Waals surface area contributed by atoms with Crippen molar-refractivity contribution in [1.29, 1.82) is 0 Å². The molecule has 0 heterocycles. The highest BCUT2D eigenvalue weighted by Crippen LogP contribution is 2.05. The number of amides is 2. The average Bonchev–Trinajstić information content (AvgIpc) is 2.53. The lowest BCUT2D eigenvalue weighted by Gasteiger charge is -2.08. The van der Waals surface area contributed by atoms with Crippen LogP contribution in [-0.2, 0) is 6.42 Å². The zero-order chi connectivity index (χ0) is 15.2. The Bertz CT molecular complexity index is 631. The molecule has 2 aromatic carbocycles. The Morgan fingerprint density at radius 3 is 1.67 bits per heavy atom. The number of hydrogen-bond donors (Lipinski definition) is 2. The first-order valence-electron chi connectivity index (χ1n) is 6.86. The predicted molar refractivity (Wildman–Crippen MR) is 81.9 cm³/mol. The van der Waals surface area contributed by atoms with Crippen molar-refractivity contribution < 1.29 is 9.59 Å². The van der Waals surface area contributed by atoms with Gasteiger partial charge in [-0.2, -0.15) is 0 Å². The van der Waals surface area contributed by atoms with E-state index < -0.39 is 0 Å². The van der Waals surface area contributed by atoms with E-state index in [1.165, 1.54) is 0 Å². The predicted octanol–water partition coefficient (Wildman–Crippen LogP) is 2.63. The Kier molecular flexibility index (Phi) is 4.72. The zero-order valence-corrected chi connectivity index (χ0v) is 12.1. The molecule has 0 bridgehead atoms. The molecule has 0 aliphatic heterocycles. The zero-order valence-electron chi connectivity index (χ0n) is 12.1. The Labute approximate surface area is 124 Å². The Morgan fingerprint density at radius 1 is 0.810 bits per heavy atom. The van der Waals surface area contributed by atoms with Crippen molar-refractivity contribution in [2.45, 2.75) is 20.3 Å². The molecule has 0 radical (unpaired) electrons. The van der Waals surface area contributed by atoms with Gasteiger partial charge in [0, 0.05) is 11.1 Å². The molecule has 0 atom stereocenters. The lowest BCUT2D eigenvalue weighted by Crippen LogP contribution is -2.41. The molecule has 0 saturated carbocycles. The normalized spacial score (nSPS) is 10.0. The second-order valence-electron chi connectivity index (χ2n) is 4.82. The molecule has 108 valence electrons. The lowest BCUT2D eigenvalue weighted by atomic mass is 10.1. The SMILES string of the molecule is CCc1ccc(C(=O)NNC(=O)c2ccc(C)cc2)cc1. The van der Waals surface area contributed by atoms with Gasteiger partial charge in [0.2, 0.25) is 0 Å². The summed E-state index contributed by atoms with van der Waals surface area (Å²) < 4.78 is 0. The third-order valence-corrected chi connectivity index (χ3v) is 3.23. The van der Waals surface area contributed by atoms with E-state index in [2.05, 4.69) is 17.8 Å². The lowest BCUT2D eigenvalue weighted by molar-refractivity contribution is 0.0846. The van der Waals surface area contributed by atoms with Gasteiger partial charge in [0.15, 0.2) is 0 Å². The van der Waals surface area contributed by atoms with Crippen LogP contribution in [0.15, 0.2) is 48.5 Å². The van der Waals surface area contributed by atoms with E-state index >= 15 is 0 Å². The van der Waals surface area contributed by atoms with E-state index in [-0.39, 0.29) is 11.8 Å². The van der Waals surface area contributed by atoms with Crippen LogP contribution in [-0.4, -0.2) is 11.8 Å². The maximum Gasteiger partial charge on any atom is 0.269 e. The third kappa shape index (κ3) is 3.92. The van der Waals surface area contributed by atoms with E-state index in [0.29, 0.717) is 11.1 Å². The molecule has 0 unspecified atom stereocenters. The summed E-state index contributed by atoms with van der Waals surface area (Å²) in [5, 5.41) is 0. The number of hydrogen-bond acceptors (Lipinski definition) is 2. The molecule has 0 saturated heterocycles. The summed E-state index contributed by atoms with van der Waals surface area (Å²) in [6, 6.07) is 14.4. The molecule has 0 spiro atoms. The first kappa shape index (κ1) is 14.8. The molecular formula is C17H18N2O2. The van der Waals surface area contributed by atoms with Crippen molar-refractivity contribution >= 4 is 11.8 Å². The molecule has 2 N–H and O–H groups in total. The van der Waals surface area contributed by atoms with E-state index in [4.69, 9.17) is 0 Å². The smallest absolute Gasteiger partial charge is 0.267 e. The molecular weight excluding hydrogens is 264 g/mol. The summed E-state index contributed by atoms with van der Waals surface area (Å²) >= 11 is 0. The van der Waals surface area contributed by atoms with Crippen LogP contribution in [0.2, 0.25) is 0 Å². The highest BCUT2D eigenvalue weighted by atomic mass is 16.2. The standard InChI is InChI=1S/C17H18N2O2/c1-3-13-6-10-15(11-7-13)17(21)19-18-16(20)14-8-4-12(2)5-9-14/h4-11H,3H2,1-2H3,(H,18,20)(H,19,21). The minimum absolute atomic E-state index is 0.335. The van der Waals surface area contributed by atoms with Crippen molar-refractivity contribution in [3.63, 3.8) is 0 Å². The number of nitrogens with one attached hydrogen (secondary N) is 2.